The molecule has 4 nitrogen and oxygen atoms in total. The number of nitrogens with one attached hydrogen (secondary N) is 1. The molecule has 1 heterocycles. The Morgan fingerprint density at radius 3 is 2.60 bits per heavy atom. The molecular formula is C13H13F3N4. The van der Waals surface area contributed by atoms with Gasteiger partial charge in [-0.1, -0.05) is 18.2 Å². The molecule has 0 aliphatic heterocycles. The van der Waals surface area contributed by atoms with Crippen LogP contribution < -0.4 is 11.3 Å². The van der Waals surface area contributed by atoms with Crippen LogP contribution in [-0.2, 0) is 12.6 Å². The topological polar surface area (TPSA) is 63.8 Å². The number of rotatable bonds is 3. The molecule has 1 aromatic heterocycles. The molecule has 0 atom stereocenters. The van der Waals surface area contributed by atoms with Crippen LogP contribution in [0.15, 0.2) is 30.3 Å². The molecule has 2 aromatic rings. The van der Waals surface area contributed by atoms with Crippen LogP contribution in [0.4, 0.5) is 19.0 Å². The zero-order chi connectivity index (χ0) is 14.8. The number of hydrogen-bond donors (Lipinski definition) is 2. The van der Waals surface area contributed by atoms with Gasteiger partial charge in [0.25, 0.3) is 0 Å². The maximum Gasteiger partial charge on any atom is 0.416 e. The van der Waals surface area contributed by atoms with Gasteiger partial charge in [-0.25, -0.2) is 15.8 Å². The molecule has 3 N–H and O–H groups in total. The van der Waals surface area contributed by atoms with Gasteiger partial charge < -0.3 is 5.43 Å². The van der Waals surface area contributed by atoms with E-state index in [-0.39, 0.29) is 6.42 Å². The smallest absolute Gasteiger partial charge is 0.308 e. The van der Waals surface area contributed by atoms with Crippen molar-refractivity contribution >= 4 is 5.82 Å². The first-order chi connectivity index (χ1) is 9.38. The van der Waals surface area contributed by atoms with Crippen LogP contribution in [0.3, 0.4) is 0 Å². The number of aryl methyl sites for hydroxylation is 1. The van der Waals surface area contributed by atoms with Gasteiger partial charge in [0, 0.05) is 18.2 Å². The number of hydrazine groups is 1. The van der Waals surface area contributed by atoms with Gasteiger partial charge in [0.05, 0.1) is 5.56 Å². The Hall–Kier alpha value is -2.15. The summed E-state index contributed by atoms with van der Waals surface area (Å²) in [5.74, 6) is 6.12. The molecule has 20 heavy (non-hydrogen) atoms. The van der Waals surface area contributed by atoms with Crippen molar-refractivity contribution in [2.24, 2.45) is 5.84 Å². The standard InChI is InChI=1S/C13H13F3N4/c1-8-5-12(20-17)19-11(18-8)7-9-3-2-4-10(6-9)13(14,15)16/h2-6H,7,17H2,1H3,(H,18,19,20). The van der Waals surface area contributed by atoms with Crippen molar-refractivity contribution in [1.82, 2.24) is 9.97 Å². The highest BCUT2D eigenvalue weighted by molar-refractivity contribution is 5.35. The van der Waals surface area contributed by atoms with Crippen LogP contribution in [0.1, 0.15) is 22.6 Å². The summed E-state index contributed by atoms with van der Waals surface area (Å²) in [6.07, 6.45) is -4.15. The Bertz CT molecular complexity index is 611. The van der Waals surface area contributed by atoms with Gasteiger partial charge in [0.1, 0.15) is 11.6 Å². The second kappa shape index (κ2) is 5.46. The number of alkyl halides is 3. The number of nitrogens with two attached hydrogens (primary N) is 1. The van der Waals surface area contributed by atoms with Gasteiger partial charge >= 0.3 is 6.18 Å². The van der Waals surface area contributed by atoms with Crippen LogP contribution in [0.5, 0.6) is 0 Å². The third kappa shape index (κ3) is 3.45. The quantitative estimate of drug-likeness (QED) is 0.671. The van der Waals surface area contributed by atoms with E-state index in [2.05, 4.69) is 15.4 Å². The molecular weight excluding hydrogens is 269 g/mol. The molecule has 0 radical (unpaired) electrons. The minimum atomic E-state index is -4.35. The van der Waals surface area contributed by atoms with Crippen LogP contribution in [0.25, 0.3) is 0 Å². The summed E-state index contributed by atoms with van der Waals surface area (Å²) >= 11 is 0. The third-order valence-corrected chi connectivity index (χ3v) is 2.66. The first kappa shape index (κ1) is 14.3. The maximum atomic E-state index is 12.6. The predicted molar refractivity (Wildman–Crippen MR) is 68.8 cm³/mol. The fraction of sp³-hybridized carbons (Fsp3) is 0.231. The van der Waals surface area contributed by atoms with Crippen molar-refractivity contribution in [1.29, 1.82) is 0 Å². The van der Waals surface area contributed by atoms with E-state index in [4.69, 9.17) is 5.84 Å². The van der Waals surface area contributed by atoms with Gasteiger partial charge in [-0.15, -0.1) is 0 Å². The molecule has 0 saturated heterocycles. The lowest BCUT2D eigenvalue weighted by atomic mass is 10.1. The van der Waals surface area contributed by atoms with E-state index in [0.29, 0.717) is 22.9 Å². The van der Waals surface area contributed by atoms with Crippen LogP contribution in [-0.4, -0.2) is 9.97 Å². The summed E-state index contributed by atoms with van der Waals surface area (Å²) in [6, 6.07) is 6.76. The maximum absolute atomic E-state index is 12.6. The van der Waals surface area contributed by atoms with E-state index in [1.807, 2.05) is 0 Å². The van der Waals surface area contributed by atoms with E-state index < -0.39 is 11.7 Å². The number of anilines is 1. The SMILES string of the molecule is Cc1cc(NN)nc(Cc2cccc(C(F)(F)F)c2)n1. The monoisotopic (exact) mass is 282 g/mol. The van der Waals surface area contributed by atoms with Crippen molar-refractivity contribution < 1.29 is 13.2 Å². The Morgan fingerprint density at radius 2 is 1.95 bits per heavy atom. The van der Waals surface area contributed by atoms with E-state index >= 15 is 0 Å². The highest BCUT2D eigenvalue weighted by atomic mass is 19.4. The Balaban J connectivity index is 2.28. The van der Waals surface area contributed by atoms with Gasteiger partial charge in [-0.3, -0.25) is 0 Å². The number of benzene rings is 1. The summed E-state index contributed by atoms with van der Waals surface area (Å²) in [6.45, 7) is 1.76. The summed E-state index contributed by atoms with van der Waals surface area (Å²) in [4.78, 5) is 8.29. The molecule has 0 unspecified atom stereocenters. The molecule has 1 aromatic carbocycles. The number of aromatic nitrogens is 2. The molecule has 0 fully saturated rings. The van der Waals surface area contributed by atoms with Crippen molar-refractivity contribution in [2.45, 2.75) is 19.5 Å². The summed E-state index contributed by atoms with van der Waals surface area (Å²) < 4.78 is 37.9. The molecule has 0 amide bonds. The lowest BCUT2D eigenvalue weighted by Crippen LogP contribution is -2.11. The summed E-state index contributed by atoms with van der Waals surface area (Å²) in [5.41, 5.74) is 2.90. The van der Waals surface area contributed by atoms with Crippen LogP contribution in [0.2, 0.25) is 0 Å². The molecule has 0 saturated carbocycles. The second-order valence-electron chi connectivity index (χ2n) is 4.33. The Morgan fingerprint density at radius 1 is 1.20 bits per heavy atom. The zero-order valence-electron chi connectivity index (χ0n) is 10.7. The largest absolute Gasteiger partial charge is 0.416 e. The lowest BCUT2D eigenvalue weighted by Gasteiger charge is -2.09. The van der Waals surface area contributed by atoms with Gasteiger partial charge in [0.15, 0.2) is 0 Å². The second-order valence-corrected chi connectivity index (χ2v) is 4.33. The summed E-state index contributed by atoms with van der Waals surface area (Å²) in [5, 5.41) is 0. The van der Waals surface area contributed by atoms with Gasteiger partial charge in [-0.2, -0.15) is 13.2 Å². The Kier molecular flexibility index (Phi) is 3.89. The van der Waals surface area contributed by atoms with Gasteiger partial charge in [0.2, 0.25) is 0 Å². The fourth-order valence-corrected chi connectivity index (χ4v) is 1.82. The lowest BCUT2D eigenvalue weighted by molar-refractivity contribution is -0.137. The molecule has 106 valence electrons. The minimum Gasteiger partial charge on any atom is -0.308 e. The highest BCUT2D eigenvalue weighted by Gasteiger charge is 2.30. The molecule has 0 aliphatic carbocycles. The van der Waals surface area contributed by atoms with Crippen LogP contribution >= 0.6 is 0 Å². The number of nitrogens with zero attached hydrogens (tertiary/aromatic N) is 2. The normalized spacial score (nSPS) is 11.4. The van der Waals surface area contributed by atoms with Crippen molar-refractivity contribution in [2.75, 3.05) is 5.43 Å². The first-order valence-corrected chi connectivity index (χ1v) is 5.86. The van der Waals surface area contributed by atoms with E-state index in [0.717, 1.165) is 12.1 Å². The van der Waals surface area contributed by atoms with Gasteiger partial charge in [-0.05, 0) is 18.6 Å². The number of halogens is 3. The average Bonchev–Trinajstić information content (AvgIpc) is 2.37. The molecule has 0 spiro atoms. The van der Waals surface area contributed by atoms with Crippen LogP contribution in [0, 0.1) is 6.92 Å². The highest BCUT2D eigenvalue weighted by Crippen LogP contribution is 2.29. The molecule has 0 bridgehead atoms. The van der Waals surface area contributed by atoms with E-state index in [1.165, 1.54) is 6.07 Å². The van der Waals surface area contributed by atoms with E-state index in [9.17, 15) is 13.2 Å². The van der Waals surface area contributed by atoms with Crippen molar-refractivity contribution in [3.05, 3.63) is 53.0 Å². The molecule has 2 rings (SSSR count). The fourth-order valence-electron chi connectivity index (χ4n) is 1.82. The minimum absolute atomic E-state index is 0.209. The number of hydrogen-bond acceptors (Lipinski definition) is 4. The Labute approximate surface area is 113 Å². The summed E-state index contributed by atoms with van der Waals surface area (Å²) in [7, 11) is 0. The van der Waals surface area contributed by atoms with Crippen molar-refractivity contribution in [3.63, 3.8) is 0 Å². The first-order valence-electron chi connectivity index (χ1n) is 5.86. The number of nitrogen functional groups attached to an aromatic ring is 1. The zero-order valence-corrected chi connectivity index (χ0v) is 10.7. The van der Waals surface area contributed by atoms with E-state index in [1.54, 1.807) is 19.1 Å². The molecule has 0 aliphatic rings. The van der Waals surface area contributed by atoms with Crippen molar-refractivity contribution in [3.8, 4) is 0 Å². The predicted octanol–water partition coefficient (Wildman–Crippen LogP) is 2.68. The molecule has 7 heteroatoms. The third-order valence-electron chi connectivity index (χ3n) is 2.66. The average molecular weight is 282 g/mol.